The lowest BCUT2D eigenvalue weighted by atomic mass is 10.1. The van der Waals surface area contributed by atoms with Crippen LogP contribution >= 0.6 is 11.8 Å². The van der Waals surface area contributed by atoms with Crippen LogP contribution < -0.4 is 5.32 Å². The molecule has 0 atom stereocenters. The molecule has 2 heterocycles. The molecule has 4 nitrogen and oxygen atoms in total. The smallest absolute Gasteiger partial charge is 0.280 e. The van der Waals surface area contributed by atoms with Crippen molar-refractivity contribution in [1.29, 1.82) is 0 Å². The van der Waals surface area contributed by atoms with E-state index in [9.17, 15) is 8.78 Å². The highest BCUT2D eigenvalue weighted by molar-refractivity contribution is 7.98. The SMILES string of the molecule is CSc1ncc2cc(C(F)F)nc(NC(C)(C)C)c2n1. The van der Waals surface area contributed by atoms with E-state index >= 15 is 0 Å². The van der Waals surface area contributed by atoms with Crippen LogP contribution in [0.1, 0.15) is 32.9 Å². The Labute approximate surface area is 120 Å². The second-order valence-electron chi connectivity index (χ2n) is 5.37. The highest BCUT2D eigenvalue weighted by Gasteiger charge is 2.18. The fourth-order valence-corrected chi connectivity index (χ4v) is 2.04. The molecular weight excluding hydrogens is 282 g/mol. The Bertz CT molecular complexity index is 626. The monoisotopic (exact) mass is 298 g/mol. The van der Waals surface area contributed by atoms with Crippen molar-refractivity contribution < 1.29 is 8.78 Å². The Kier molecular flexibility index (Phi) is 4.08. The van der Waals surface area contributed by atoms with Gasteiger partial charge in [-0.15, -0.1) is 0 Å². The molecule has 2 aromatic heterocycles. The highest BCUT2D eigenvalue weighted by atomic mass is 32.2. The molecule has 0 unspecified atom stereocenters. The molecule has 1 N–H and O–H groups in total. The Hall–Kier alpha value is -1.50. The van der Waals surface area contributed by atoms with Crippen molar-refractivity contribution in [3.63, 3.8) is 0 Å². The number of nitrogens with zero attached hydrogens (tertiary/aromatic N) is 3. The largest absolute Gasteiger partial charge is 0.364 e. The van der Waals surface area contributed by atoms with Crippen LogP contribution in [0.2, 0.25) is 0 Å². The van der Waals surface area contributed by atoms with Gasteiger partial charge in [0.15, 0.2) is 11.0 Å². The van der Waals surface area contributed by atoms with E-state index in [4.69, 9.17) is 0 Å². The van der Waals surface area contributed by atoms with Crippen LogP contribution in [0.25, 0.3) is 10.9 Å². The number of pyridine rings is 1. The van der Waals surface area contributed by atoms with Crippen molar-refractivity contribution >= 4 is 28.5 Å². The molecule has 0 aromatic carbocycles. The van der Waals surface area contributed by atoms with Crippen molar-refractivity contribution in [3.05, 3.63) is 18.0 Å². The fraction of sp³-hybridized carbons (Fsp3) is 0.462. The Morgan fingerprint density at radius 2 is 1.95 bits per heavy atom. The first-order chi connectivity index (χ1) is 9.30. The van der Waals surface area contributed by atoms with E-state index in [1.807, 2.05) is 27.0 Å². The van der Waals surface area contributed by atoms with Gasteiger partial charge in [0.25, 0.3) is 6.43 Å². The van der Waals surface area contributed by atoms with Crippen LogP contribution in [0.15, 0.2) is 17.4 Å². The minimum Gasteiger partial charge on any atom is -0.364 e. The van der Waals surface area contributed by atoms with E-state index in [1.165, 1.54) is 17.8 Å². The third-order valence-corrected chi connectivity index (χ3v) is 3.02. The molecule has 0 fully saturated rings. The Morgan fingerprint density at radius 3 is 2.50 bits per heavy atom. The summed E-state index contributed by atoms with van der Waals surface area (Å²) >= 11 is 1.39. The molecule has 0 radical (unpaired) electrons. The van der Waals surface area contributed by atoms with E-state index in [2.05, 4.69) is 20.3 Å². The zero-order valence-corrected chi connectivity index (χ0v) is 12.6. The van der Waals surface area contributed by atoms with Gasteiger partial charge in [-0.3, -0.25) is 0 Å². The van der Waals surface area contributed by atoms with Crippen molar-refractivity contribution in [2.24, 2.45) is 0 Å². The molecule has 0 aliphatic carbocycles. The number of thioether (sulfide) groups is 1. The summed E-state index contributed by atoms with van der Waals surface area (Å²) in [4.78, 5) is 12.5. The molecular formula is C13H16F2N4S. The van der Waals surface area contributed by atoms with Crippen LogP contribution in [0.5, 0.6) is 0 Å². The summed E-state index contributed by atoms with van der Waals surface area (Å²) in [5.41, 5.74) is -0.0149. The summed E-state index contributed by atoms with van der Waals surface area (Å²) in [5.74, 6) is 0.364. The molecule has 0 aliphatic heterocycles. The molecule has 0 spiro atoms. The van der Waals surface area contributed by atoms with Crippen molar-refractivity contribution in [2.75, 3.05) is 11.6 Å². The molecule has 0 saturated carbocycles. The van der Waals surface area contributed by atoms with Gasteiger partial charge >= 0.3 is 0 Å². The molecule has 7 heteroatoms. The number of hydrogen-bond acceptors (Lipinski definition) is 5. The molecule has 2 aromatic rings. The summed E-state index contributed by atoms with van der Waals surface area (Å²) in [5, 5.41) is 4.27. The Balaban J connectivity index is 2.65. The number of nitrogens with one attached hydrogen (secondary N) is 1. The number of halogens is 2. The van der Waals surface area contributed by atoms with Crippen molar-refractivity contribution in [3.8, 4) is 0 Å². The number of anilines is 1. The van der Waals surface area contributed by atoms with Gasteiger partial charge in [0, 0.05) is 17.1 Å². The first-order valence-corrected chi connectivity index (χ1v) is 7.30. The second-order valence-corrected chi connectivity index (χ2v) is 6.14. The van der Waals surface area contributed by atoms with Gasteiger partial charge in [0.1, 0.15) is 11.2 Å². The highest BCUT2D eigenvalue weighted by Crippen LogP contribution is 2.28. The molecule has 0 saturated heterocycles. The summed E-state index contributed by atoms with van der Waals surface area (Å²) < 4.78 is 25.8. The van der Waals surface area contributed by atoms with E-state index in [-0.39, 0.29) is 11.2 Å². The molecule has 2 rings (SSSR count). The van der Waals surface area contributed by atoms with E-state index in [1.54, 1.807) is 6.20 Å². The van der Waals surface area contributed by atoms with Gasteiger partial charge in [-0.25, -0.2) is 23.7 Å². The van der Waals surface area contributed by atoms with Crippen LogP contribution in [0.4, 0.5) is 14.6 Å². The molecule has 0 aliphatic rings. The van der Waals surface area contributed by atoms with Gasteiger partial charge < -0.3 is 5.32 Å². The quantitative estimate of drug-likeness (QED) is 0.688. The first-order valence-electron chi connectivity index (χ1n) is 6.08. The normalized spacial score (nSPS) is 12.2. The van der Waals surface area contributed by atoms with Gasteiger partial charge in [0.2, 0.25) is 0 Å². The zero-order valence-electron chi connectivity index (χ0n) is 11.7. The predicted octanol–water partition coefficient (Wildman–Crippen LogP) is 3.89. The average Bonchev–Trinajstić information content (AvgIpc) is 2.36. The molecule has 0 amide bonds. The van der Waals surface area contributed by atoms with Crippen LogP contribution in [-0.2, 0) is 0 Å². The number of fused-ring (bicyclic) bond motifs is 1. The minimum absolute atomic E-state index is 0.273. The molecule has 108 valence electrons. The third-order valence-electron chi connectivity index (χ3n) is 2.46. The maximum atomic E-state index is 12.9. The summed E-state index contributed by atoms with van der Waals surface area (Å²) in [7, 11) is 0. The summed E-state index contributed by atoms with van der Waals surface area (Å²) in [6.07, 6.45) is 0.786. The van der Waals surface area contributed by atoms with Gasteiger partial charge in [-0.2, -0.15) is 0 Å². The number of alkyl halides is 2. The number of hydrogen-bond donors (Lipinski definition) is 1. The van der Waals surface area contributed by atoms with Crippen molar-refractivity contribution in [1.82, 2.24) is 15.0 Å². The Morgan fingerprint density at radius 1 is 1.25 bits per heavy atom. The summed E-state index contributed by atoms with van der Waals surface area (Å²) in [6.45, 7) is 5.81. The lowest BCUT2D eigenvalue weighted by molar-refractivity contribution is 0.146. The average molecular weight is 298 g/mol. The third kappa shape index (κ3) is 3.33. The summed E-state index contributed by atoms with van der Waals surface area (Å²) in [6, 6.07) is 1.33. The number of aromatic nitrogens is 3. The second kappa shape index (κ2) is 5.47. The van der Waals surface area contributed by atoms with Crippen LogP contribution in [-0.4, -0.2) is 26.7 Å². The van der Waals surface area contributed by atoms with Crippen molar-refractivity contribution in [2.45, 2.75) is 37.9 Å². The van der Waals surface area contributed by atoms with Crippen LogP contribution in [0.3, 0.4) is 0 Å². The van der Waals surface area contributed by atoms with E-state index in [0.29, 0.717) is 21.9 Å². The van der Waals surface area contributed by atoms with Gasteiger partial charge in [-0.1, -0.05) is 11.8 Å². The zero-order chi connectivity index (χ0) is 14.9. The predicted molar refractivity (Wildman–Crippen MR) is 77.4 cm³/mol. The number of rotatable bonds is 3. The molecule has 20 heavy (non-hydrogen) atoms. The van der Waals surface area contributed by atoms with E-state index in [0.717, 1.165) is 0 Å². The van der Waals surface area contributed by atoms with Crippen LogP contribution in [0, 0.1) is 0 Å². The molecule has 0 bridgehead atoms. The standard InChI is InChI=1S/C13H16F2N4S/c1-13(2,3)19-11-9-7(5-8(17-11)10(14)15)6-16-12(18-9)20-4/h5-6,10H,1-4H3,(H,17,19). The first kappa shape index (κ1) is 14.9. The fourth-order valence-electron chi connectivity index (χ4n) is 1.70. The lowest BCUT2D eigenvalue weighted by Gasteiger charge is -2.22. The maximum absolute atomic E-state index is 12.9. The van der Waals surface area contributed by atoms with Gasteiger partial charge in [0.05, 0.1) is 0 Å². The lowest BCUT2D eigenvalue weighted by Crippen LogP contribution is -2.27. The topological polar surface area (TPSA) is 50.7 Å². The minimum atomic E-state index is -2.62. The maximum Gasteiger partial charge on any atom is 0.280 e. The van der Waals surface area contributed by atoms with Gasteiger partial charge in [-0.05, 0) is 33.1 Å². The van der Waals surface area contributed by atoms with E-state index < -0.39 is 6.43 Å².